The maximum absolute atomic E-state index is 11.8. The normalized spacial score (nSPS) is 19.4. The van der Waals surface area contributed by atoms with Crippen LogP contribution in [-0.4, -0.2) is 23.5 Å². The second-order valence-electron chi connectivity index (χ2n) is 4.73. The number of carbonyl (C=O) groups excluding carboxylic acids is 1. The Labute approximate surface area is 113 Å². The van der Waals surface area contributed by atoms with E-state index in [0.29, 0.717) is 12.5 Å². The van der Waals surface area contributed by atoms with Crippen molar-refractivity contribution in [3.63, 3.8) is 0 Å². The number of thioether (sulfide) groups is 1. The van der Waals surface area contributed by atoms with E-state index >= 15 is 0 Å². The molecule has 1 aromatic carbocycles. The number of nitrogen functional groups attached to an aromatic ring is 1. The first kappa shape index (κ1) is 13.3. The molecule has 18 heavy (non-hydrogen) atoms. The van der Waals surface area contributed by atoms with Crippen molar-refractivity contribution in [1.82, 2.24) is 5.32 Å². The van der Waals surface area contributed by atoms with Crippen LogP contribution in [0.25, 0.3) is 0 Å². The molecule has 0 bridgehead atoms. The first-order valence-electron chi connectivity index (χ1n) is 6.45. The molecule has 4 heteroatoms. The topological polar surface area (TPSA) is 55.1 Å². The minimum Gasteiger partial charge on any atom is -0.399 e. The van der Waals surface area contributed by atoms with E-state index in [4.69, 9.17) is 5.73 Å². The number of nitrogens with two attached hydrogens (primary N) is 1. The Morgan fingerprint density at radius 3 is 3.11 bits per heavy atom. The Morgan fingerprint density at radius 2 is 2.39 bits per heavy atom. The van der Waals surface area contributed by atoms with E-state index in [9.17, 15) is 4.79 Å². The van der Waals surface area contributed by atoms with E-state index in [1.54, 1.807) is 0 Å². The molecule has 1 aliphatic rings. The molecule has 0 radical (unpaired) electrons. The zero-order valence-corrected chi connectivity index (χ0v) is 11.3. The maximum Gasteiger partial charge on any atom is 0.220 e. The van der Waals surface area contributed by atoms with E-state index in [1.165, 1.54) is 12.2 Å². The lowest BCUT2D eigenvalue weighted by molar-refractivity contribution is -0.121. The van der Waals surface area contributed by atoms with Crippen LogP contribution in [0.3, 0.4) is 0 Å². The SMILES string of the molecule is Nc1cccc(CCC(=O)NC2CCCSC2)c1. The number of hydrogen-bond acceptors (Lipinski definition) is 3. The first-order chi connectivity index (χ1) is 8.74. The molecule has 1 amide bonds. The van der Waals surface area contributed by atoms with Crippen molar-refractivity contribution in [2.24, 2.45) is 0 Å². The molecule has 98 valence electrons. The molecule has 2 rings (SSSR count). The average Bonchev–Trinajstić information content (AvgIpc) is 2.38. The number of carbonyl (C=O) groups is 1. The number of benzene rings is 1. The highest BCUT2D eigenvalue weighted by Crippen LogP contribution is 2.17. The molecule has 3 nitrogen and oxygen atoms in total. The molecule has 1 unspecified atom stereocenters. The highest BCUT2D eigenvalue weighted by Gasteiger charge is 2.15. The predicted molar refractivity (Wildman–Crippen MR) is 77.7 cm³/mol. The quantitative estimate of drug-likeness (QED) is 0.820. The summed E-state index contributed by atoms with van der Waals surface area (Å²) in [6.45, 7) is 0. The van der Waals surface area contributed by atoms with Crippen LogP contribution in [-0.2, 0) is 11.2 Å². The van der Waals surface area contributed by atoms with Crippen LogP contribution in [0.1, 0.15) is 24.8 Å². The van der Waals surface area contributed by atoms with E-state index in [0.717, 1.165) is 29.8 Å². The van der Waals surface area contributed by atoms with Crippen LogP contribution >= 0.6 is 11.8 Å². The van der Waals surface area contributed by atoms with Gasteiger partial charge in [-0.05, 0) is 42.7 Å². The summed E-state index contributed by atoms with van der Waals surface area (Å²) in [6, 6.07) is 8.12. The average molecular weight is 264 g/mol. The minimum absolute atomic E-state index is 0.157. The highest BCUT2D eigenvalue weighted by molar-refractivity contribution is 7.99. The third-order valence-electron chi connectivity index (χ3n) is 3.12. The van der Waals surface area contributed by atoms with Crippen LogP contribution in [0.15, 0.2) is 24.3 Å². The number of nitrogens with one attached hydrogen (secondary N) is 1. The molecule has 1 aromatic rings. The van der Waals surface area contributed by atoms with E-state index < -0.39 is 0 Å². The lowest BCUT2D eigenvalue weighted by Crippen LogP contribution is -2.38. The summed E-state index contributed by atoms with van der Waals surface area (Å²) >= 11 is 1.93. The molecule has 0 aromatic heterocycles. The maximum atomic E-state index is 11.8. The summed E-state index contributed by atoms with van der Waals surface area (Å²) in [5.74, 6) is 2.45. The van der Waals surface area contributed by atoms with Gasteiger partial charge in [-0.1, -0.05) is 12.1 Å². The zero-order chi connectivity index (χ0) is 12.8. The minimum atomic E-state index is 0.157. The van der Waals surface area contributed by atoms with Gasteiger partial charge in [0.1, 0.15) is 0 Å². The molecule has 0 spiro atoms. The molecule has 1 saturated heterocycles. The molecule has 0 saturated carbocycles. The van der Waals surface area contributed by atoms with E-state index in [1.807, 2.05) is 36.0 Å². The number of hydrogen-bond donors (Lipinski definition) is 2. The Balaban J connectivity index is 1.74. The van der Waals surface area contributed by atoms with Crippen molar-refractivity contribution in [3.05, 3.63) is 29.8 Å². The lowest BCUT2D eigenvalue weighted by Gasteiger charge is -2.22. The summed E-state index contributed by atoms with van der Waals surface area (Å²) in [7, 11) is 0. The van der Waals surface area contributed by atoms with Crippen LogP contribution in [0.5, 0.6) is 0 Å². The molecule has 0 aliphatic carbocycles. The molecule has 1 aliphatic heterocycles. The second-order valence-corrected chi connectivity index (χ2v) is 5.88. The summed E-state index contributed by atoms with van der Waals surface area (Å²) in [5.41, 5.74) is 7.60. The number of anilines is 1. The predicted octanol–water partition coefficient (Wildman–Crippen LogP) is 2.21. The van der Waals surface area contributed by atoms with Crippen LogP contribution in [0.2, 0.25) is 0 Å². The smallest absolute Gasteiger partial charge is 0.220 e. The highest BCUT2D eigenvalue weighted by atomic mass is 32.2. The van der Waals surface area contributed by atoms with Gasteiger partial charge >= 0.3 is 0 Å². The Morgan fingerprint density at radius 1 is 1.50 bits per heavy atom. The van der Waals surface area contributed by atoms with Gasteiger partial charge in [-0.15, -0.1) is 0 Å². The molecular formula is C14H20N2OS. The Kier molecular flexibility index (Phi) is 4.93. The Bertz CT molecular complexity index is 403. The molecule has 3 N–H and O–H groups in total. The summed E-state index contributed by atoms with van der Waals surface area (Å²) in [4.78, 5) is 11.8. The second kappa shape index (κ2) is 6.69. The fourth-order valence-corrected chi connectivity index (χ4v) is 3.23. The molecule has 1 fully saturated rings. The fourth-order valence-electron chi connectivity index (χ4n) is 2.16. The van der Waals surface area contributed by atoms with Gasteiger partial charge in [-0.3, -0.25) is 4.79 Å². The van der Waals surface area contributed by atoms with E-state index in [2.05, 4.69) is 5.32 Å². The van der Waals surface area contributed by atoms with Gasteiger partial charge in [0.25, 0.3) is 0 Å². The third kappa shape index (κ3) is 4.26. The molecule has 1 atom stereocenters. The standard InChI is InChI=1S/C14H20N2OS/c15-12-4-1-3-11(9-12)6-7-14(17)16-13-5-2-8-18-10-13/h1,3-4,9,13H,2,5-8,10,15H2,(H,16,17). The van der Waals surface area contributed by atoms with E-state index in [-0.39, 0.29) is 5.91 Å². The van der Waals surface area contributed by atoms with Gasteiger partial charge in [-0.25, -0.2) is 0 Å². The number of rotatable bonds is 4. The van der Waals surface area contributed by atoms with Gasteiger partial charge in [0.2, 0.25) is 5.91 Å². The van der Waals surface area contributed by atoms with Gasteiger partial charge in [-0.2, -0.15) is 11.8 Å². The first-order valence-corrected chi connectivity index (χ1v) is 7.61. The van der Waals surface area contributed by atoms with Crippen molar-refractivity contribution in [3.8, 4) is 0 Å². The molecule has 1 heterocycles. The summed E-state index contributed by atoms with van der Waals surface area (Å²) in [6.07, 6.45) is 3.64. The fraction of sp³-hybridized carbons (Fsp3) is 0.500. The van der Waals surface area contributed by atoms with Gasteiger partial charge in [0.05, 0.1) is 0 Å². The molecular weight excluding hydrogens is 244 g/mol. The van der Waals surface area contributed by atoms with Crippen molar-refractivity contribution in [2.75, 3.05) is 17.2 Å². The van der Waals surface area contributed by atoms with Crippen LogP contribution in [0.4, 0.5) is 5.69 Å². The zero-order valence-electron chi connectivity index (χ0n) is 10.5. The lowest BCUT2D eigenvalue weighted by atomic mass is 10.1. The van der Waals surface area contributed by atoms with Crippen molar-refractivity contribution < 1.29 is 4.79 Å². The van der Waals surface area contributed by atoms with Crippen molar-refractivity contribution in [2.45, 2.75) is 31.7 Å². The van der Waals surface area contributed by atoms with Crippen molar-refractivity contribution >= 4 is 23.4 Å². The Hall–Kier alpha value is -1.16. The van der Waals surface area contributed by atoms with Crippen LogP contribution < -0.4 is 11.1 Å². The third-order valence-corrected chi connectivity index (χ3v) is 4.33. The van der Waals surface area contributed by atoms with Gasteiger partial charge in [0.15, 0.2) is 0 Å². The number of amides is 1. The van der Waals surface area contributed by atoms with Gasteiger partial charge in [0, 0.05) is 23.9 Å². The number of aryl methyl sites for hydroxylation is 1. The van der Waals surface area contributed by atoms with Crippen LogP contribution in [0, 0.1) is 0 Å². The monoisotopic (exact) mass is 264 g/mol. The summed E-state index contributed by atoms with van der Waals surface area (Å²) < 4.78 is 0. The van der Waals surface area contributed by atoms with Gasteiger partial charge < -0.3 is 11.1 Å². The summed E-state index contributed by atoms with van der Waals surface area (Å²) in [5, 5.41) is 3.11. The van der Waals surface area contributed by atoms with Crippen molar-refractivity contribution in [1.29, 1.82) is 0 Å². The largest absolute Gasteiger partial charge is 0.399 e.